The number of nitrogens with zero attached hydrogens (tertiary/aromatic N) is 1. The Hall–Kier alpha value is -1.69. The molecule has 0 aromatic heterocycles. The van der Waals surface area contributed by atoms with Gasteiger partial charge in [0, 0.05) is 12.8 Å². The summed E-state index contributed by atoms with van der Waals surface area (Å²) in [5.74, 6) is -4.02. The summed E-state index contributed by atoms with van der Waals surface area (Å²) in [4.78, 5) is 12.3. The maximum Gasteiger partial charge on any atom is 0.282 e. The number of aliphatic carboxylic acids is 1. The van der Waals surface area contributed by atoms with Gasteiger partial charge in [-0.15, -0.1) is 0 Å². The number of ether oxygens (including phenoxy) is 1. The van der Waals surface area contributed by atoms with Gasteiger partial charge in [0.2, 0.25) is 0 Å². The minimum Gasteiger partial charge on any atom is -0.547 e. The molecule has 0 aliphatic carbocycles. The average molecular weight is 256 g/mol. The van der Waals surface area contributed by atoms with Crippen molar-refractivity contribution in [2.24, 2.45) is 0 Å². The number of carbonyl (C=O) groups is 1. The molecule has 2 rings (SSSR count). The minimum absolute atomic E-state index is 0.348. The maximum atomic E-state index is 12.8. The van der Waals surface area contributed by atoms with Crippen LogP contribution in [0.4, 0.5) is 14.5 Å². The Balaban J connectivity index is 2.18. The van der Waals surface area contributed by atoms with Crippen molar-refractivity contribution in [1.82, 2.24) is 0 Å². The molecule has 0 radical (unpaired) electrons. The minimum atomic E-state index is -2.66. The lowest BCUT2D eigenvalue weighted by molar-refractivity contribution is -0.316. The molecule has 0 spiro atoms. The topological polar surface area (TPSA) is 52.6 Å². The highest BCUT2D eigenvalue weighted by molar-refractivity contribution is 5.73. The summed E-state index contributed by atoms with van der Waals surface area (Å²) in [5, 5.41) is 10.8. The van der Waals surface area contributed by atoms with Gasteiger partial charge in [0.1, 0.15) is 6.10 Å². The van der Waals surface area contributed by atoms with Gasteiger partial charge in [-0.25, -0.2) is 8.78 Å². The number of carboxylic acids is 1. The van der Waals surface area contributed by atoms with E-state index in [4.69, 9.17) is 4.74 Å². The molecule has 1 aromatic rings. The molecular formula is C12H12F2NO3-. The molecule has 18 heavy (non-hydrogen) atoms. The Bertz CT molecular complexity index is 456. The molecule has 1 aliphatic heterocycles. The van der Waals surface area contributed by atoms with Crippen LogP contribution in [0.3, 0.4) is 0 Å². The first-order chi connectivity index (χ1) is 8.43. The Labute approximate surface area is 103 Å². The molecule has 1 aromatic carbocycles. The van der Waals surface area contributed by atoms with Crippen molar-refractivity contribution in [3.05, 3.63) is 29.8 Å². The second kappa shape index (κ2) is 4.53. The zero-order valence-electron chi connectivity index (χ0n) is 9.73. The van der Waals surface area contributed by atoms with E-state index in [2.05, 4.69) is 0 Å². The summed E-state index contributed by atoms with van der Waals surface area (Å²) in [6.07, 6.45) is -1.19. The molecule has 1 saturated heterocycles. The SMILES string of the molecule is COC(C(=O)[O-])c1cccc(N2CC(F)(F)C2)c1. The molecule has 1 fully saturated rings. The fourth-order valence-electron chi connectivity index (χ4n) is 1.95. The van der Waals surface area contributed by atoms with Crippen molar-refractivity contribution in [2.45, 2.75) is 12.0 Å². The van der Waals surface area contributed by atoms with Crippen LogP contribution >= 0.6 is 0 Å². The summed E-state index contributed by atoms with van der Waals surface area (Å²) in [6.45, 7) is -0.696. The van der Waals surface area contributed by atoms with Crippen LogP contribution in [-0.4, -0.2) is 32.1 Å². The van der Waals surface area contributed by atoms with Crippen molar-refractivity contribution in [1.29, 1.82) is 0 Å². The number of methoxy groups -OCH3 is 1. The van der Waals surface area contributed by atoms with E-state index in [1.807, 2.05) is 0 Å². The first-order valence-corrected chi connectivity index (χ1v) is 5.39. The number of carbonyl (C=O) groups excluding carboxylic acids is 1. The normalized spacial score (nSPS) is 19.2. The number of hydrogen-bond acceptors (Lipinski definition) is 4. The van der Waals surface area contributed by atoms with Crippen LogP contribution in [-0.2, 0) is 9.53 Å². The third-order valence-electron chi connectivity index (χ3n) is 2.83. The van der Waals surface area contributed by atoms with Gasteiger partial charge in [-0.1, -0.05) is 12.1 Å². The molecular weight excluding hydrogens is 244 g/mol. The third-order valence-corrected chi connectivity index (χ3v) is 2.83. The number of hydrogen-bond donors (Lipinski definition) is 0. The monoisotopic (exact) mass is 256 g/mol. The van der Waals surface area contributed by atoms with Crippen molar-refractivity contribution >= 4 is 11.7 Å². The number of benzene rings is 1. The molecule has 0 N–H and O–H groups in total. The summed E-state index contributed by atoms with van der Waals surface area (Å²) < 4.78 is 30.3. The van der Waals surface area contributed by atoms with E-state index in [-0.39, 0.29) is 13.1 Å². The highest BCUT2D eigenvalue weighted by atomic mass is 19.3. The Morgan fingerprint density at radius 1 is 1.50 bits per heavy atom. The first kappa shape index (κ1) is 12.8. The predicted octanol–water partition coefficient (Wildman–Crippen LogP) is 0.579. The fraction of sp³-hybridized carbons (Fsp3) is 0.417. The molecule has 1 unspecified atom stereocenters. The molecule has 1 aliphatic rings. The zero-order chi connectivity index (χ0) is 13.3. The van der Waals surface area contributed by atoms with Gasteiger partial charge in [0.25, 0.3) is 5.92 Å². The van der Waals surface area contributed by atoms with E-state index < -0.39 is 18.0 Å². The van der Waals surface area contributed by atoms with Gasteiger partial charge in [0.15, 0.2) is 0 Å². The molecule has 1 atom stereocenters. The van der Waals surface area contributed by atoms with Crippen LogP contribution in [0.25, 0.3) is 0 Å². The standard InChI is InChI=1S/C12H13F2NO3/c1-18-10(11(16)17)8-3-2-4-9(5-8)15-6-12(13,14)7-15/h2-5,10H,6-7H2,1H3,(H,16,17)/p-1. The third kappa shape index (κ3) is 2.43. The first-order valence-electron chi connectivity index (χ1n) is 5.39. The van der Waals surface area contributed by atoms with Gasteiger partial charge < -0.3 is 19.5 Å². The van der Waals surface area contributed by atoms with E-state index in [0.717, 1.165) is 0 Å². The molecule has 6 heteroatoms. The highest BCUT2D eigenvalue weighted by Crippen LogP contribution is 2.33. The van der Waals surface area contributed by atoms with Gasteiger partial charge >= 0.3 is 0 Å². The van der Waals surface area contributed by atoms with Crippen molar-refractivity contribution in [3.8, 4) is 0 Å². The quantitative estimate of drug-likeness (QED) is 0.790. The largest absolute Gasteiger partial charge is 0.547 e. The number of alkyl halides is 2. The van der Waals surface area contributed by atoms with Crippen molar-refractivity contribution in [3.63, 3.8) is 0 Å². The molecule has 1 heterocycles. The van der Waals surface area contributed by atoms with Crippen LogP contribution < -0.4 is 10.0 Å². The van der Waals surface area contributed by atoms with E-state index in [1.165, 1.54) is 18.1 Å². The molecule has 0 amide bonds. The van der Waals surface area contributed by atoms with Crippen molar-refractivity contribution in [2.75, 3.05) is 25.1 Å². The lowest BCUT2D eigenvalue weighted by Crippen LogP contribution is -2.56. The highest BCUT2D eigenvalue weighted by Gasteiger charge is 2.43. The fourth-order valence-corrected chi connectivity index (χ4v) is 1.95. The molecule has 98 valence electrons. The smallest absolute Gasteiger partial charge is 0.282 e. The second-order valence-electron chi connectivity index (χ2n) is 4.24. The predicted molar refractivity (Wildman–Crippen MR) is 58.4 cm³/mol. The summed E-state index contributed by atoms with van der Waals surface area (Å²) in [5.41, 5.74) is 0.937. The van der Waals surface area contributed by atoms with Crippen molar-refractivity contribution < 1.29 is 23.4 Å². The second-order valence-corrected chi connectivity index (χ2v) is 4.24. The van der Waals surface area contributed by atoms with Gasteiger partial charge in [-0.3, -0.25) is 0 Å². The van der Waals surface area contributed by atoms with Crippen LogP contribution in [0.2, 0.25) is 0 Å². The summed E-state index contributed by atoms with van der Waals surface area (Å²) >= 11 is 0. The lowest BCUT2D eigenvalue weighted by Gasteiger charge is -2.40. The number of anilines is 1. The number of rotatable bonds is 4. The van der Waals surface area contributed by atoms with Crippen LogP contribution in [0.5, 0.6) is 0 Å². The van der Waals surface area contributed by atoms with Gasteiger partial charge in [0.05, 0.1) is 19.1 Å². The van der Waals surface area contributed by atoms with Gasteiger partial charge in [-0.05, 0) is 17.7 Å². The van der Waals surface area contributed by atoms with Gasteiger partial charge in [-0.2, -0.15) is 0 Å². The summed E-state index contributed by atoms with van der Waals surface area (Å²) in [7, 11) is 1.25. The zero-order valence-corrected chi connectivity index (χ0v) is 9.73. The van der Waals surface area contributed by atoms with E-state index >= 15 is 0 Å². The van der Waals surface area contributed by atoms with Crippen LogP contribution in [0, 0.1) is 0 Å². The molecule has 0 saturated carbocycles. The Morgan fingerprint density at radius 3 is 2.67 bits per heavy atom. The number of halogens is 2. The molecule has 4 nitrogen and oxygen atoms in total. The summed E-state index contributed by atoms with van der Waals surface area (Å²) in [6, 6.07) is 6.35. The van der Waals surface area contributed by atoms with Crippen LogP contribution in [0.1, 0.15) is 11.7 Å². The maximum absolute atomic E-state index is 12.8. The van der Waals surface area contributed by atoms with E-state index in [9.17, 15) is 18.7 Å². The van der Waals surface area contributed by atoms with E-state index in [0.29, 0.717) is 11.3 Å². The average Bonchev–Trinajstić information content (AvgIpc) is 2.26. The Morgan fingerprint density at radius 2 is 2.17 bits per heavy atom. The van der Waals surface area contributed by atoms with Crippen LogP contribution in [0.15, 0.2) is 24.3 Å². The Kier molecular flexibility index (Phi) is 3.21. The van der Waals surface area contributed by atoms with E-state index in [1.54, 1.807) is 18.2 Å². The lowest BCUT2D eigenvalue weighted by atomic mass is 10.1. The number of carboxylic acid groups (broad SMARTS) is 1. The molecule has 0 bridgehead atoms.